The summed E-state index contributed by atoms with van der Waals surface area (Å²) in [6, 6.07) is 5.76. The summed E-state index contributed by atoms with van der Waals surface area (Å²) in [7, 11) is -1.77. The Morgan fingerprint density at radius 2 is 1.53 bits per heavy atom. The molecule has 5 heteroatoms. The molecule has 0 amide bonds. The molecular formula is C25H35NO3Si. The minimum atomic E-state index is -1.77. The van der Waals surface area contributed by atoms with Crippen LogP contribution in [-0.4, -0.2) is 17.6 Å². The number of aromatic hydroxyl groups is 1. The van der Waals surface area contributed by atoms with Gasteiger partial charge in [0.25, 0.3) is 0 Å². The molecule has 1 N–H and O–H groups in total. The molecule has 0 atom stereocenters. The van der Waals surface area contributed by atoms with Gasteiger partial charge in [0.05, 0.1) is 5.56 Å². The second-order valence-corrected chi connectivity index (χ2v) is 14.4. The van der Waals surface area contributed by atoms with Crippen molar-refractivity contribution in [2.24, 2.45) is 0 Å². The molecule has 0 radical (unpaired) electrons. The lowest BCUT2D eigenvalue weighted by Crippen LogP contribution is -2.52. The topological polar surface area (TPSA) is 55.4 Å². The Morgan fingerprint density at radius 1 is 0.967 bits per heavy atom. The molecule has 2 heterocycles. The summed E-state index contributed by atoms with van der Waals surface area (Å²) in [6.07, 6.45) is 13.7. The van der Waals surface area contributed by atoms with Crippen LogP contribution in [-0.2, 0) is 0 Å². The number of allylic oxidation sites excluding steroid dienone is 4. The average Bonchev–Trinajstić information content (AvgIpc) is 3.10. The Balaban J connectivity index is 2.21. The van der Waals surface area contributed by atoms with Gasteiger partial charge in [-0.15, -0.1) is 0 Å². The van der Waals surface area contributed by atoms with Gasteiger partial charge in [-0.05, 0) is 54.0 Å². The SMILES string of the molecule is Cc1c(O)cc(/C=C/C=C/C=C/c2cccn2[Si](C(C)C)(C(C)C)C(C)C)oc1=O. The van der Waals surface area contributed by atoms with Crippen molar-refractivity contribution in [3.05, 3.63) is 76.1 Å². The van der Waals surface area contributed by atoms with E-state index in [9.17, 15) is 9.90 Å². The summed E-state index contributed by atoms with van der Waals surface area (Å²) in [4.78, 5) is 11.6. The van der Waals surface area contributed by atoms with Gasteiger partial charge in [-0.25, -0.2) is 4.79 Å². The normalized spacial score (nSPS) is 13.3. The molecule has 0 aliphatic heterocycles. The molecule has 2 aromatic heterocycles. The molecule has 0 saturated heterocycles. The predicted molar refractivity (Wildman–Crippen MR) is 129 cm³/mol. The standard InChI is InChI=1S/C25H35NO3Si/c1-18(2)30(19(3)4,20(5)6)26-16-12-14-22(26)13-10-8-9-11-15-23-17-24(27)21(7)25(28)29-23/h8-20,27H,1-7H3/b9-8+,13-10+,15-11+. The van der Waals surface area contributed by atoms with E-state index in [1.54, 1.807) is 12.2 Å². The van der Waals surface area contributed by atoms with Crippen LogP contribution in [0, 0.1) is 6.92 Å². The zero-order chi connectivity index (χ0) is 22.5. The van der Waals surface area contributed by atoms with Crippen molar-refractivity contribution in [2.45, 2.75) is 65.1 Å². The molecule has 0 bridgehead atoms. The van der Waals surface area contributed by atoms with Crippen molar-refractivity contribution >= 4 is 20.4 Å². The van der Waals surface area contributed by atoms with E-state index < -0.39 is 13.9 Å². The highest BCUT2D eigenvalue weighted by molar-refractivity contribution is 6.82. The van der Waals surface area contributed by atoms with Crippen LogP contribution < -0.4 is 5.63 Å². The maximum absolute atomic E-state index is 11.6. The Bertz CT molecular complexity index is 968. The molecular weight excluding hydrogens is 390 g/mol. The fourth-order valence-corrected chi connectivity index (χ4v) is 11.4. The molecule has 0 aliphatic rings. The van der Waals surface area contributed by atoms with Gasteiger partial charge >= 0.3 is 5.63 Å². The van der Waals surface area contributed by atoms with E-state index in [4.69, 9.17) is 4.42 Å². The zero-order valence-corrected chi connectivity index (χ0v) is 20.2. The third-order valence-electron chi connectivity index (χ3n) is 6.01. The van der Waals surface area contributed by atoms with Crippen LogP contribution in [0.15, 0.2) is 57.9 Å². The van der Waals surface area contributed by atoms with E-state index in [0.29, 0.717) is 22.4 Å². The third kappa shape index (κ3) is 4.78. The lowest BCUT2D eigenvalue weighted by Gasteiger charge is -2.45. The quantitative estimate of drug-likeness (QED) is 0.375. The molecule has 30 heavy (non-hydrogen) atoms. The number of hydrogen-bond donors (Lipinski definition) is 1. The monoisotopic (exact) mass is 425 g/mol. The third-order valence-corrected chi connectivity index (χ3v) is 12.8. The first-order valence-corrected chi connectivity index (χ1v) is 12.8. The van der Waals surface area contributed by atoms with Gasteiger partial charge in [-0.2, -0.15) is 0 Å². The summed E-state index contributed by atoms with van der Waals surface area (Å²) in [6.45, 7) is 15.7. The van der Waals surface area contributed by atoms with Crippen molar-refractivity contribution in [1.82, 2.24) is 4.23 Å². The van der Waals surface area contributed by atoms with Crippen LogP contribution in [0.4, 0.5) is 0 Å². The molecule has 0 saturated carbocycles. The van der Waals surface area contributed by atoms with E-state index in [-0.39, 0.29) is 11.3 Å². The van der Waals surface area contributed by atoms with Gasteiger partial charge < -0.3 is 13.8 Å². The van der Waals surface area contributed by atoms with Crippen LogP contribution >= 0.6 is 0 Å². The van der Waals surface area contributed by atoms with Crippen LogP contribution in [0.2, 0.25) is 16.6 Å². The van der Waals surface area contributed by atoms with Crippen molar-refractivity contribution < 1.29 is 9.52 Å². The van der Waals surface area contributed by atoms with E-state index in [0.717, 1.165) is 0 Å². The van der Waals surface area contributed by atoms with Crippen molar-refractivity contribution in [1.29, 1.82) is 0 Å². The highest BCUT2D eigenvalue weighted by atomic mass is 28.3. The Kier molecular flexibility index (Phi) is 7.90. The van der Waals surface area contributed by atoms with E-state index in [2.05, 4.69) is 70.2 Å². The fourth-order valence-electron chi connectivity index (χ4n) is 4.79. The van der Waals surface area contributed by atoms with Gasteiger partial charge in [0.15, 0.2) is 8.24 Å². The maximum Gasteiger partial charge on any atom is 0.342 e. The smallest absolute Gasteiger partial charge is 0.342 e. The molecule has 2 aromatic rings. The van der Waals surface area contributed by atoms with E-state index >= 15 is 0 Å². The zero-order valence-electron chi connectivity index (χ0n) is 19.2. The van der Waals surface area contributed by atoms with Crippen molar-refractivity contribution in [2.75, 3.05) is 0 Å². The average molecular weight is 426 g/mol. The first kappa shape index (κ1) is 23.7. The summed E-state index contributed by atoms with van der Waals surface area (Å²) >= 11 is 0. The summed E-state index contributed by atoms with van der Waals surface area (Å²) in [5.74, 6) is 0.274. The van der Waals surface area contributed by atoms with Gasteiger partial charge in [0.1, 0.15) is 11.5 Å². The van der Waals surface area contributed by atoms with Crippen LogP contribution in [0.1, 0.15) is 58.6 Å². The molecule has 162 valence electrons. The molecule has 0 fully saturated rings. The first-order valence-electron chi connectivity index (χ1n) is 10.6. The predicted octanol–water partition coefficient (Wildman–Crippen LogP) is 6.76. The van der Waals surface area contributed by atoms with Crippen LogP contribution in [0.5, 0.6) is 5.75 Å². The molecule has 0 aliphatic carbocycles. The maximum atomic E-state index is 11.6. The molecule has 0 unspecified atom stereocenters. The lowest BCUT2D eigenvalue weighted by molar-refractivity contribution is 0.436. The number of hydrogen-bond acceptors (Lipinski definition) is 3. The number of rotatable bonds is 8. The molecule has 4 nitrogen and oxygen atoms in total. The first-order chi connectivity index (χ1) is 14.1. The second kappa shape index (κ2) is 9.98. The lowest BCUT2D eigenvalue weighted by atomic mass is 10.2. The van der Waals surface area contributed by atoms with Gasteiger partial charge in [0, 0.05) is 11.8 Å². The number of nitrogens with zero attached hydrogens (tertiary/aromatic N) is 1. The van der Waals surface area contributed by atoms with Crippen LogP contribution in [0.25, 0.3) is 12.2 Å². The van der Waals surface area contributed by atoms with Crippen molar-refractivity contribution in [3.8, 4) is 5.75 Å². The minimum absolute atomic E-state index is 0.0522. The van der Waals surface area contributed by atoms with Crippen LogP contribution in [0.3, 0.4) is 0 Å². The Labute approximate surface area is 181 Å². The Morgan fingerprint density at radius 3 is 2.07 bits per heavy atom. The summed E-state index contributed by atoms with van der Waals surface area (Å²) < 4.78 is 7.69. The second-order valence-electron chi connectivity index (χ2n) is 8.70. The minimum Gasteiger partial charge on any atom is -0.507 e. The fraction of sp³-hybridized carbons (Fsp3) is 0.400. The van der Waals surface area contributed by atoms with Gasteiger partial charge in [-0.1, -0.05) is 65.8 Å². The van der Waals surface area contributed by atoms with E-state index in [1.165, 1.54) is 18.7 Å². The Hall–Kier alpha value is -2.53. The molecule has 0 spiro atoms. The summed E-state index contributed by atoms with van der Waals surface area (Å²) in [5, 5.41) is 9.71. The van der Waals surface area contributed by atoms with Gasteiger partial charge in [0.2, 0.25) is 0 Å². The summed E-state index contributed by atoms with van der Waals surface area (Å²) in [5.41, 5.74) is 2.84. The highest BCUT2D eigenvalue weighted by Gasteiger charge is 2.45. The van der Waals surface area contributed by atoms with Crippen molar-refractivity contribution in [3.63, 3.8) is 0 Å². The molecule has 0 aromatic carbocycles. The van der Waals surface area contributed by atoms with E-state index in [1.807, 2.05) is 18.2 Å². The largest absolute Gasteiger partial charge is 0.507 e. The number of aromatic nitrogens is 1. The highest BCUT2D eigenvalue weighted by Crippen LogP contribution is 2.43. The molecule has 2 rings (SSSR count). The van der Waals surface area contributed by atoms with Gasteiger partial charge in [-0.3, -0.25) is 0 Å².